The Bertz CT molecular complexity index is 355. The molecule has 0 radical (unpaired) electrons. The molecule has 0 bridgehead atoms. The van der Waals surface area contributed by atoms with Gasteiger partial charge in [0.2, 0.25) is 0 Å². The van der Waals surface area contributed by atoms with Crippen LogP contribution in [0, 0.1) is 0 Å². The zero-order valence-electron chi connectivity index (χ0n) is 12.5. The number of ether oxygens (including phenoxy) is 1. The predicted molar refractivity (Wildman–Crippen MR) is 92.9 cm³/mol. The molecule has 0 aliphatic rings. The van der Waals surface area contributed by atoms with E-state index in [4.69, 9.17) is 9.15 Å². The van der Waals surface area contributed by atoms with E-state index >= 15 is 0 Å². The number of aliphatic imine (C=N–C) groups is 1. The molecule has 20 heavy (non-hydrogen) atoms. The van der Waals surface area contributed by atoms with Crippen LogP contribution in [-0.2, 0) is 11.2 Å². The van der Waals surface area contributed by atoms with E-state index in [9.17, 15) is 0 Å². The van der Waals surface area contributed by atoms with Crippen molar-refractivity contribution in [2.24, 2.45) is 4.99 Å². The Hall–Kier alpha value is -0.760. The van der Waals surface area contributed by atoms with Crippen LogP contribution in [0.2, 0.25) is 0 Å². The quantitative estimate of drug-likeness (QED) is 0.403. The number of nitrogens with zero attached hydrogens (tertiary/aromatic N) is 1. The monoisotopic (exact) mass is 395 g/mol. The Balaban J connectivity index is 0.00000361. The fraction of sp³-hybridized carbons (Fsp3) is 0.643. The van der Waals surface area contributed by atoms with Crippen molar-refractivity contribution in [2.45, 2.75) is 32.7 Å². The highest BCUT2D eigenvalue weighted by Crippen LogP contribution is 1.99. The number of rotatable bonds is 8. The second kappa shape index (κ2) is 12.0. The summed E-state index contributed by atoms with van der Waals surface area (Å²) in [6.07, 6.45) is 3.57. The molecule has 2 N–H and O–H groups in total. The summed E-state index contributed by atoms with van der Waals surface area (Å²) in [6.45, 7) is 6.45. The van der Waals surface area contributed by atoms with E-state index in [1.54, 1.807) is 13.4 Å². The fourth-order valence-corrected chi connectivity index (χ4v) is 1.66. The van der Waals surface area contributed by atoms with E-state index in [-0.39, 0.29) is 30.0 Å². The van der Waals surface area contributed by atoms with Gasteiger partial charge in [-0.3, -0.25) is 4.99 Å². The third-order valence-electron chi connectivity index (χ3n) is 2.54. The van der Waals surface area contributed by atoms with Crippen molar-refractivity contribution in [3.8, 4) is 0 Å². The van der Waals surface area contributed by atoms with Gasteiger partial charge in [-0.2, -0.15) is 0 Å². The van der Waals surface area contributed by atoms with E-state index in [1.165, 1.54) is 0 Å². The maximum absolute atomic E-state index is 5.30. The lowest BCUT2D eigenvalue weighted by Crippen LogP contribution is -2.44. The summed E-state index contributed by atoms with van der Waals surface area (Å²) in [4.78, 5) is 4.49. The maximum Gasteiger partial charge on any atom is 0.191 e. The molecule has 1 heterocycles. The number of methoxy groups -OCH3 is 1. The molecule has 1 unspecified atom stereocenters. The normalized spacial score (nSPS) is 12.7. The van der Waals surface area contributed by atoms with E-state index in [0.717, 1.165) is 37.7 Å². The second-order valence-electron chi connectivity index (χ2n) is 4.49. The van der Waals surface area contributed by atoms with Gasteiger partial charge in [-0.25, -0.2) is 0 Å². The molecule has 0 saturated carbocycles. The molecule has 5 nitrogen and oxygen atoms in total. The van der Waals surface area contributed by atoms with Gasteiger partial charge in [0, 0.05) is 32.7 Å². The SMILES string of the molecule is CCCN=C(NCCc1ccco1)NC(C)COC.I. The van der Waals surface area contributed by atoms with Crippen LogP contribution in [0.1, 0.15) is 26.0 Å². The lowest BCUT2D eigenvalue weighted by atomic mass is 10.3. The van der Waals surface area contributed by atoms with Crippen LogP contribution in [0.25, 0.3) is 0 Å². The second-order valence-corrected chi connectivity index (χ2v) is 4.49. The van der Waals surface area contributed by atoms with Gasteiger partial charge >= 0.3 is 0 Å². The molecule has 0 aromatic carbocycles. The highest BCUT2D eigenvalue weighted by Gasteiger charge is 2.05. The molecule has 0 fully saturated rings. The van der Waals surface area contributed by atoms with Crippen molar-refractivity contribution >= 4 is 29.9 Å². The zero-order valence-corrected chi connectivity index (χ0v) is 14.8. The van der Waals surface area contributed by atoms with Crippen molar-refractivity contribution in [1.82, 2.24) is 10.6 Å². The summed E-state index contributed by atoms with van der Waals surface area (Å²) in [7, 11) is 1.70. The molecule has 0 amide bonds. The van der Waals surface area contributed by atoms with Crippen LogP contribution in [0.5, 0.6) is 0 Å². The molecule has 1 aromatic heterocycles. The van der Waals surface area contributed by atoms with E-state index in [0.29, 0.717) is 6.61 Å². The Labute approximate surface area is 138 Å². The summed E-state index contributed by atoms with van der Waals surface area (Å²) in [5.74, 6) is 1.81. The third kappa shape index (κ3) is 8.42. The molecule has 1 aromatic rings. The lowest BCUT2D eigenvalue weighted by molar-refractivity contribution is 0.179. The lowest BCUT2D eigenvalue weighted by Gasteiger charge is -2.17. The Morgan fingerprint density at radius 3 is 2.90 bits per heavy atom. The van der Waals surface area contributed by atoms with E-state index < -0.39 is 0 Å². The van der Waals surface area contributed by atoms with Crippen molar-refractivity contribution in [3.63, 3.8) is 0 Å². The molecular weight excluding hydrogens is 369 g/mol. The minimum atomic E-state index is 0. The van der Waals surface area contributed by atoms with Gasteiger partial charge in [0.25, 0.3) is 0 Å². The van der Waals surface area contributed by atoms with Crippen molar-refractivity contribution in [3.05, 3.63) is 24.2 Å². The molecule has 1 rings (SSSR count). The van der Waals surface area contributed by atoms with Crippen LogP contribution in [0.3, 0.4) is 0 Å². The Morgan fingerprint density at radius 2 is 2.30 bits per heavy atom. The van der Waals surface area contributed by atoms with Gasteiger partial charge in [-0.15, -0.1) is 24.0 Å². The summed E-state index contributed by atoms with van der Waals surface area (Å²) < 4.78 is 10.4. The van der Waals surface area contributed by atoms with Crippen LogP contribution >= 0.6 is 24.0 Å². The first-order valence-electron chi connectivity index (χ1n) is 6.82. The van der Waals surface area contributed by atoms with Gasteiger partial charge < -0.3 is 19.8 Å². The average Bonchev–Trinajstić information content (AvgIpc) is 2.89. The van der Waals surface area contributed by atoms with E-state index in [1.807, 2.05) is 12.1 Å². The highest BCUT2D eigenvalue weighted by molar-refractivity contribution is 14.0. The first kappa shape index (κ1) is 19.2. The van der Waals surface area contributed by atoms with Gasteiger partial charge in [0.15, 0.2) is 5.96 Å². The first-order valence-corrected chi connectivity index (χ1v) is 6.82. The number of hydrogen-bond donors (Lipinski definition) is 2. The standard InChI is InChI=1S/C14H25N3O2.HI/c1-4-8-15-14(17-12(2)11-18-3)16-9-7-13-6-5-10-19-13;/h5-6,10,12H,4,7-9,11H2,1-3H3,(H2,15,16,17);1H. The minimum absolute atomic E-state index is 0. The van der Waals surface area contributed by atoms with E-state index in [2.05, 4.69) is 29.5 Å². The third-order valence-corrected chi connectivity index (χ3v) is 2.54. The highest BCUT2D eigenvalue weighted by atomic mass is 127. The number of halogens is 1. The van der Waals surface area contributed by atoms with Crippen LogP contribution in [0.4, 0.5) is 0 Å². The summed E-state index contributed by atoms with van der Waals surface area (Å²) in [5.41, 5.74) is 0. The summed E-state index contributed by atoms with van der Waals surface area (Å²) in [6, 6.07) is 4.11. The van der Waals surface area contributed by atoms with Gasteiger partial charge in [0.05, 0.1) is 12.9 Å². The molecule has 116 valence electrons. The Kier molecular flexibility index (Phi) is 11.6. The van der Waals surface area contributed by atoms with Crippen molar-refractivity contribution in [1.29, 1.82) is 0 Å². The number of hydrogen-bond acceptors (Lipinski definition) is 3. The largest absolute Gasteiger partial charge is 0.469 e. The summed E-state index contributed by atoms with van der Waals surface area (Å²) in [5, 5.41) is 6.62. The van der Waals surface area contributed by atoms with Crippen molar-refractivity contribution in [2.75, 3.05) is 26.8 Å². The molecule has 0 saturated heterocycles. The molecule has 0 aliphatic carbocycles. The van der Waals surface area contributed by atoms with Gasteiger partial charge in [-0.05, 0) is 25.5 Å². The van der Waals surface area contributed by atoms with Crippen molar-refractivity contribution < 1.29 is 9.15 Å². The smallest absolute Gasteiger partial charge is 0.191 e. The number of furan rings is 1. The van der Waals surface area contributed by atoms with Gasteiger partial charge in [0.1, 0.15) is 5.76 Å². The zero-order chi connectivity index (χ0) is 13.9. The maximum atomic E-state index is 5.30. The number of nitrogens with one attached hydrogen (secondary N) is 2. The molecular formula is C14H26IN3O2. The fourth-order valence-electron chi connectivity index (χ4n) is 1.66. The average molecular weight is 395 g/mol. The summed E-state index contributed by atoms with van der Waals surface area (Å²) >= 11 is 0. The molecule has 0 spiro atoms. The number of guanidine groups is 1. The van der Waals surface area contributed by atoms with Gasteiger partial charge in [-0.1, -0.05) is 6.92 Å². The molecule has 0 aliphatic heterocycles. The van der Waals surface area contributed by atoms with Crippen LogP contribution < -0.4 is 10.6 Å². The minimum Gasteiger partial charge on any atom is -0.469 e. The van der Waals surface area contributed by atoms with Crippen LogP contribution in [0.15, 0.2) is 27.8 Å². The first-order chi connectivity index (χ1) is 9.26. The topological polar surface area (TPSA) is 58.8 Å². The molecule has 6 heteroatoms. The van der Waals surface area contributed by atoms with Crippen LogP contribution in [-0.4, -0.2) is 38.8 Å². The Morgan fingerprint density at radius 1 is 1.50 bits per heavy atom. The molecule has 1 atom stereocenters. The predicted octanol–water partition coefficient (Wildman–Crippen LogP) is 2.42.